The maximum Gasteiger partial charge on any atom is 0.255 e. The third-order valence-electron chi connectivity index (χ3n) is 9.88. The lowest BCUT2D eigenvalue weighted by Gasteiger charge is -2.30. The number of imide groups is 1. The molecule has 7 rings (SSSR count). The van der Waals surface area contributed by atoms with Crippen molar-refractivity contribution in [3.63, 3.8) is 0 Å². The molecule has 2 aromatic carbocycles. The highest BCUT2D eigenvalue weighted by atomic mass is 16.5. The molecule has 3 aromatic rings. The number of amides is 3. The molecule has 4 atom stereocenters. The molecule has 3 amide bonds. The van der Waals surface area contributed by atoms with Crippen molar-refractivity contribution in [2.45, 2.75) is 76.1 Å². The molecule has 0 radical (unpaired) electrons. The number of likely N-dealkylation sites (tertiary alicyclic amines) is 1. The predicted octanol–water partition coefficient (Wildman–Crippen LogP) is 4.57. The SMILES string of the molecule is COC[C@H]1CCCC[C@@H]1c1ccc2cc(CN3CCC(Oc4ccc5c(c4)CN(C4CCC(=O)NC4=O)C5=O)C3)ccc2n1. The number of nitrogens with one attached hydrogen (secondary N) is 1. The predicted molar refractivity (Wildman–Crippen MR) is 165 cm³/mol. The van der Waals surface area contributed by atoms with Gasteiger partial charge in [-0.25, -0.2) is 0 Å². The van der Waals surface area contributed by atoms with Gasteiger partial charge in [0.15, 0.2) is 0 Å². The van der Waals surface area contributed by atoms with Gasteiger partial charge < -0.3 is 14.4 Å². The standard InChI is InChI=1S/C35H40N4O5/c1-43-21-24-4-2-3-5-28(24)31-11-7-23-16-22(6-10-30(23)36-31)18-38-15-14-27(20-38)44-26-8-9-29-25(17-26)19-39(35(29)42)32-12-13-33(40)37-34(32)41/h6-11,16-17,24,27-28,32H,2-5,12-15,18-21H2,1H3,(H,37,40,41)/t24-,27?,28+,32?/m1/s1. The van der Waals surface area contributed by atoms with Gasteiger partial charge in [0.1, 0.15) is 17.9 Å². The summed E-state index contributed by atoms with van der Waals surface area (Å²) in [5.74, 6) is 0.924. The van der Waals surface area contributed by atoms with Crippen LogP contribution in [-0.2, 0) is 27.4 Å². The van der Waals surface area contributed by atoms with Crippen molar-refractivity contribution in [3.05, 3.63) is 70.9 Å². The van der Waals surface area contributed by atoms with Crippen molar-refractivity contribution >= 4 is 28.6 Å². The van der Waals surface area contributed by atoms with E-state index in [0.29, 0.717) is 30.4 Å². The number of rotatable bonds is 8. The Morgan fingerprint density at radius 1 is 0.977 bits per heavy atom. The lowest BCUT2D eigenvalue weighted by atomic mass is 9.77. The van der Waals surface area contributed by atoms with Crippen LogP contribution in [0.15, 0.2) is 48.5 Å². The first-order valence-electron chi connectivity index (χ1n) is 16.0. The van der Waals surface area contributed by atoms with Crippen LogP contribution < -0.4 is 10.1 Å². The van der Waals surface area contributed by atoms with E-state index in [4.69, 9.17) is 14.5 Å². The molecule has 9 heteroatoms. The van der Waals surface area contributed by atoms with Gasteiger partial charge in [0.2, 0.25) is 11.8 Å². The molecule has 0 spiro atoms. The zero-order valence-electron chi connectivity index (χ0n) is 25.3. The summed E-state index contributed by atoms with van der Waals surface area (Å²) in [6.45, 7) is 3.79. The van der Waals surface area contributed by atoms with Crippen LogP contribution in [0.2, 0.25) is 0 Å². The number of carbonyl (C=O) groups excluding carboxylic acids is 3. The normalized spacial score (nSPS) is 25.8. The van der Waals surface area contributed by atoms with E-state index >= 15 is 0 Å². The highest BCUT2D eigenvalue weighted by Crippen LogP contribution is 2.38. The fourth-order valence-corrected chi connectivity index (χ4v) is 7.62. The lowest BCUT2D eigenvalue weighted by molar-refractivity contribution is -0.136. The number of nitrogens with zero attached hydrogens (tertiary/aromatic N) is 3. The zero-order valence-corrected chi connectivity index (χ0v) is 25.3. The molecule has 9 nitrogen and oxygen atoms in total. The Kier molecular flexibility index (Phi) is 8.08. The second-order valence-electron chi connectivity index (χ2n) is 12.9. The third kappa shape index (κ3) is 5.83. The van der Waals surface area contributed by atoms with E-state index in [1.807, 2.05) is 12.1 Å². The van der Waals surface area contributed by atoms with Crippen LogP contribution in [0.5, 0.6) is 5.75 Å². The maximum absolute atomic E-state index is 13.0. The Hall–Kier alpha value is -3.82. The second-order valence-corrected chi connectivity index (χ2v) is 12.9. The Morgan fingerprint density at radius 3 is 2.73 bits per heavy atom. The van der Waals surface area contributed by atoms with Crippen molar-refractivity contribution in [1.82, 2.24) is 20.1 Å². The van der Waals surface area contributed by atoms with Crippen LogP contribution in [-0.4, -0.2) is 71.5 Å². The molecule has 4 aliphatic rings. The van der Waals surface area contributed by atoms with Crippen molar-refractivity contribution in [2.75, 3.05) is 26.8 Å². The summed E-state index contributed by atoms with van der Waals surface area (Å²) in [6, 6.07) is 16.0. The van der Waals surface area contributed by atoms with Gasteiger partial charge in [-0.2, -0.15) is 0 Å². The zero-order chi connectivity index (χ0) is 30.2. The number of hydrogen-bond acceptors (Lipinski definition) is 7. The first-order valence-corrected chi connectivity index (χ1v) is 16.0. The smallest absolute Gasteiger partial charge is 0.255 e. The molecular formula is C35H40N4O5. The minimum absolute atomic E-state index is 0.0663. The van der Waals surface area contributed by atoms with Gasteiger partial charge in [-0.15, -0.1) is 0 Å². The van der Waals surface area contributed by atoms with Crippen LogP contribution in [0.1, 0.15) is 78.0 Å². The summed E-state index contributed by atoms with van der Waals surface area (Å²) in [5, 5.41) is 3.53. The summed E-state index contributed by atoms with van der Waals surface area (Å²) < 4.78 is 11.9. The van der Waals surface area contributed by atoms with Gasteiger partial charge >= 0.3 is 0 Å². The summed E-state index contributed by atoms with van der Waals surface area (Å²) in [4.78, 5) is 46.0. The number of hydrogen-bond donors (Lipinski definition) is 1. The Morgan fingerprint density at radius 2 is 1.86 bits per heavy atom. The first kappa shape index (κ1) is 28.9. The number of ether oxygens (including phenoxy) is 2. The number of methoxy groups -OCH3 is 1. The average molecular weight is 597 g/mol. The summed E-state index contributed by atoms with van der Waals surface area (Å²) in [5.41, 5.74) is 4.99. The number of piperidine rings is 1. The molecule has 44 heavy (non-hydrogen) atoms. The van der Waals surface area contributed by atoms with Crippen LogP contribution in [0.4, 0.5) is 0 Å². The summed E-state index contributed by atoms with van der Waals surface area (Å²) >= 11 is 0. The molecule has 2 unspecified atom stereocenters. The topological polar surface area (TPSA) is 101 Å². The molecule has 230 valence electrons. The Labute approximate surface area is 257 Å². The molecule has 1 N–H and O–H groups in total. The van der Waals surface area contributed by atoms with E-state index < -0.39 is 11.9 Å². The van der Waals surface area contributed by atoms with Crippen molar-refractivity contribution in [3.8, 4) is 5.75 Å². The fraction of sp³-hybridized carbons (Fsp3) is 0.486. The highest BCUT2D eigenvalue weighted by molar-refractivity contribution is 6.05. The quantitative estimate of drug-likeness (QED) is 0.380. The Bertz CT molecular complexity index is 1590. The van der Waals surface area contributed by atoms with Crippen molar-refractivity contribution in [1.29, 1.82) is 0 Å². The van der Waals surface area contributed by atoms with Crippen LogP contribution in [0.3, 0.4) is 0 Å². The van der Waals surface area contributed by atoms with Crippen molar-refractivity contribution in [2.24, 2.45) is 5.92 Å². The van der Waals surface area contributed by atoms with Crippen molar-refractivity contribution < 1.29 is 23.9 Å². The molecule has 1 aromatic heterocycles. The molecular weight excluding hydrogens is 556 g/mol. The van der Waals surface area contributed by atoms with Gasteiger partial charge in [0.25, 0.3) is 5.91 Å². The van der Waals surface area contributed by atoms with Crippen LogP contribution >= 0.6 is 0 Å². The summed E-state index contributed by atoms with van der Waals surface area (Å²) in [7, 11) is 1.80. The first-order chi connectivity index (χ1) is 21.4. The highest BCUT2D eigenvalue weighted by Gasteiger charge is 2.39. The second kappa shape index (κ2) is 12.3. The Balaban J connectivity index is 0.958. The van der Waals surface area contributed by atoms with Gasteiger partial charge in [0.05, 0.1) is 5.52 Å². The molecule has 3 aliphatic heterocycles. The number of benzene rings is 2. The minimum Gasteiger partial charge on any atom is -0.489 e. The van der Waals surface area contributed by atoms with E-state index in [2.05, 4.69) is 40.5 Å². The molecule has 2 saturated heterocycles. The number of pyridine rings is 1. The van der Waals surface area contributed by atoms with E-state index in [0.717, 1.165) is 49.5 Å². The molecule has 3 fully saturated rings. The van der Waals surface area contributed by atoms with E-state index in [9.17, 15) is 14.4 Å². The van der Waals surface area contributed by atoms with Gasteiger partial charge in [0, 0.05) is 68.9 Å². The number of aromatic nitrogens is 1. The monoisotopic (exact) mass is 596 g/mol. The van der Waals surface area contributed by atoms with Gasteiger partial charge in [-0.3, -0.25) is 29.6 Å². The number of carbonyl (C=O) groups is 3. The van der Waals surface area contributed by atoms with Crippen LogP contribution in [0, 0.1) is 5.92 Å². The number of fused-ring (bicyclic) bond motifs is 2. The van der Waals surface area contributed by atoms with E-state index in [-0.39, 0.29) is 24.3 Å². The fourth-order valence-electron chi connectivity index (χ4n) is 7.62. The lowest BCUT2D eigenvalue weighted by Crippen LogP contribution is -2.52. The molecule has 1 saturated carbocycles. The van der Waals surface area contributed by atoms with E-state index in [1.54, 1.807) is 18.1 Å². The van der Waals surface area contributed by atoms with Crippen LogP contribution in [0.25, 0.3) is 10.9 Å². The minimum atomic E-state index is -0.613. The molecule has 4 heterocycles. The largest absolute Gasteiger partial charge is 0.489 e. The van der Waals surface area contributed by atoms with Gasteiger partial charge in [-0.05, 0) is 79.1 Å². The van der Waals surface area contributed by atoms with Gasteiger partial charge in [-0.1, -0.05) is 25.0 Å². The molecule has 0 bridgehead atoms. The summed E-state index contributed by atoms with van der Waals surface area (Å²) in [6.07, 6.45) is 6.55. The molecule has 1 aliphatic carbocycles. The van der Waals surface area contributed by atoms with E-state index in [1.165, 1.54) is 42.3 Å². The maximum atomic E-state index is 13.0. The third-order valence-corrected chi connectivity index (χ3v) is 9.88. The average Bonchev–Trinajstić information content (AvgIpc) is 3.60.